The molecule has 188 valence electrons. The van der Waals surface area contributed by atoms with E-state index in [1.54, 1.807) is 36.4 Å². The number of hydrogen-bond donors (Lipinski definition) is 2. The number of methoxy groups -OCH3 is 1. The highest BCUT2D eigenvalue weighted by atomic mass is 79.9. The molecule has 2 amide bonds. The number of ether oxygens (including phenoxy) is 3. The monoisotopic (exact) mass is 577 g/mol. The van der Waals surface area contributed by atoms with Crippen molar-refractivity contribution in [3.05, 3.63) is 81.0 Å². The van der Waals surface area contributed by atoms with E-state index in [9.17, 15) is 14.0 Å². The Bertz CT molecular complexity index is 1270. The Hall–Kier alpha value is -3.63. The zero-order valence-electron chi connectivity index (χ0n) is 19.3. The van der Waals surface area contributed by atoms with Gasteiger partial charge in [0.25, 0.3) is 0 Å². The summed E-state index contributed by atoms with van der Waals surface area (Å²) in [6.07, 6.45) is 1.35. The van der Waals surface area contributed by atoms with Crippen LogP contribution in [-0.4, -0.2) is 31.7 Å². The third kappa shape index (κ3) is 7.43. The van der Waals surface area contributed by atoms with Gasteiger partial charge in [-0.3, -0.25) is 9.59 Å². The molecule has 0 fully saturated rings. The first-order chi connectivity index (χ1) is 17.3. The molecule has 8 nitrogen and oxygen atoms in total. The number of amides is 2. The zero-order chi connectivity index (χ0) is 26.1. The Labute approximate surface area is 220 Å². The lowest BCUT2D eigenvalue weighted by atomic mass is 10.2. The summed E-state index contributed by atoms with van der Waals surface area (Å²) in [5, 5.41) is 6.63. The predicted octanol–water partition coefficient (Wildman–Crippen LogP) is 5.32. The first-order valence-electron chi connectivity index (χ1n) is 10.6. The van der Waals surface area contributed by atoms with Gasteiger partial charge in [-0.25, -0.2) is 9.82 Å². The second-order valence-corrected chi connectivity index (χ2v) is 8.47. The molecule has 0 saturated heterocycles. The largest absolute Gasteiger partial charge is 0.495 e. The molecule has 3 rings (SSSR count). The van der Waals surface area contributed by atoms with Crippen molar-refractivity contribution < 1.29 is 28.2 Å². The number of nitrogens with zero attached hydrogens (tertiary/aromatic N) is 1. The van der Waals surface area contributed by atoms with E-state index in [1.807, 2.05) is 6.92 Å². The van der Waals surface area contributed by atoms with Gasteiger partial charge in [0, 0.05) is 5.02 Å². The molecule has 3 aromatic rings. The molecule has 0 atom stereocenters. The number of hydrazone groups is 1. The van der Waals surface area contributed by atoms with Gasteiger partial charge in [0.2, 0.25) is 0 Å². The van der Waals surface area contributed by atoms with Crippen molar-refractivity contribution in [2.45, 2.75) is 13.5 Å². The van der Waals surface area contributed by atoms with E-state index >= 15 is 0 Å². The van der Waals surface area contributed by atoms with Crippen LogP contribution in [0.2, 0.25) is 5.02 Å². The van der Waals surface area contributed by atoms with Crippen LogP contribution in [0.4, 0.5) is 10.1 Å². The van der Waals surface area contributed by atoms with Gasteiger partial charge in [0.05, 0.1) is 30.1 Å². The van der Waals surface area contributed by atoms with E-state index in [-0.39, 0.29) is 18.1 Å². The molecular formula is C25H22BrClFN3O5. The first kappa shape index (κ1) is 27.0. The summed E-state index contributed by atoms with van der Waals surface area (Å²) in [7, 11) is 1.43. The van der Waals surface area contributed by atoms with Crippen LogP contribution >= 0.6 is 27.5 Å². The summed E-state index contributed by atoms with van der Waals surface area (Å²) in [5.74, 6) is -1.03. The molecule has 0 bridgehead atoms. The summed E-state index contributed by atoms with van der Waals surface area (Å²) in [4.78, 5) is 24.4. The standard InChI is InChI=1S/C25H22BrClFN3O5/c1-3-35-22-11-16(10-19(26)23(22)36-14-15-4-7-18(28)8-5-15)13-29-31-25(33)24(32)30-20-12-17(27)6-9-21(20)34-2/h4-13H,3,14H2,1-2H3,(H,30,32)(H,31,33)/b29-13+. The van der Waals surface area contributed by atoms with Gasteiger partial charge in [0.15, 0.2) is 11.5 Å². The number of anilines is 1. The summed E-state index contributed by atoms with van der Waals surface area (Å²) < 4.78 is 30.4. The summed E-state index contributed by atoms with van der Waals surface area (Å²) >= 11 is 9.39. The van der Waals surface area contributed by atoms with Gasteiger partial charge in [-0.2, -0.15) is 5.10 Å². The lowest BCUT2D eigenvalue weighted by Crippen LogP contribution is -2.32. The van der Waals surface area contributed by atoms with Crippen molar-refractivity contribution in [1.82, 2.24) is 5.43 Å². The van der Waals surface area contributed by atoms with Crippen molar-refractivity contribution in [3.63, 3.8) is 0 Å². The molecule has 3 aromatic carbocycles. The Morgan fingerprint density at radius 3 is 2.50 bits per heavy atom. The number of hydrogen-bond acceptors (Lipinski definition) is 6. The molecule has 0 aromatic heterocycles. The van der Waals surface area contributed by atoms with Gasteiger partial charge >= 0.3 is 11.8 Å². The van der Waals surface area contributed by atoms with Crippen molar-refractivity contribution >= 4 is 51.2 Å². The van der Waals surface area contributed by atoms with Crippen LogP contribution in [0.25, 0.3) is 0 Å². The normalized spacial score (nSPS) is 10.7. The minimum absolute atomic E-state index is 0.203. The fourth-order valence-electron chi connectivity index (χ4n) is 2.97. The highest BCUT2D eigenvalue weighted by Gasteiger charge is 2.16. The van der Waals surface area contributed by atoms with Gasteiger partial charge in [-0.05, 0) is 76.4 Å². The summed E-state index contributed by atoms with van der Waals surface area (Å²) in [5.41, 5.74) is 3.76. The smallest absolute Gasteiger partial charge is 0.329 e. The van der Waals surface area contributed by atoms with Crippen LogP contribution in [0, 0.1) is 5.82 Å². The topological polar surface area (TPSA) is 98.2 Å². The predicted molar refractivity (Wildman–Crippen MR) is 138 cm³/mol. The molecule has 0 spiro atoms. The third-order valence-electron chi connectivity index (χ3n) is 4.62. The molecule has 0 heterocycles. The highest BCUT2D eigenvalue weighted by Crippen LogP contribution is 2.37. The zero-order valence-corrected chi connectivity index (χ0v) is 21.7. The second kappa shape index (κ2) is 12.9. The average Bonchev–Trinajstić information content (AvgIpc) is 2.85. The molecule has 0 aliphatic heterocycles. The fourth-order valence-corrected chi connectivity index (χ4v) is 3.72. The maximum Gasteiger partial charge on any atom is 0.329 e. The maximum atomic E-state index is 13.1. The van der Waals surface area contributed by atoms with Crippen molar-refractivity contribution in [2.24, 2.45) is 5.10 Å². The SMILES string of the molecule is CCOc1cc(/C=N/NC(=O)C(=O)Nc2cc(Cl)ccc2OC)cc(Br)c1OCc1ccc(F)cc1. The van der Waals surface area contributed by atoms with Crippen LogP contribution in [0.1, 0.15) is 18.1 Å². The lowest BCUT2D eigenvalue weighted by molar-refractivity contribution is -0.136. The number of halogens is 3. The molecule has 36 heavy (non-hydrogen) atoms. The molecule has 11 heteroatoms. The van der Waals surface area contributed by atoms with Crippen molar-refractivity contribution in [2.75, 3.05) is 19.0 Å². The number of nitrogens with one attached hydrogen (secondary N) is 2. The Balaban J connectivity index is 1.66. The number of carbonyl (C=O) groups is 2. The number of rotatable bonds is 9. The number of carbonyl (C=O) groups excluding carboxylic acids is 2. The fraction of sp³-hybridized carbons (Fsp3) is 0.160. The Morgan fingerprint density at radius 1 is 1.06 bits per heavy atom. The van der Waals surface area contributed by atoms with Gasteiger partial charge in [-0.1, -0.05) is 23.7 Å². The van der Waals surface area contributed by atoms with Crippen LogP contribution in [0.5, 0.6) is 17.2 Å². The minimum Gasteiger partial charge on any atom is -0.495 e. The quantitative estimate of drug-likeness (QED) is 0.204. The molecule has 0 saturated carbocycles. The molecule has 0 radical (unpaired) electrons. The molecule has 0 aliphatic rings. The summed E-state index contributed by atoms with van der Waals surface area (Å²) in [6.45, 7) is 2.41. The van der Waals surface area contributed by atoms with Gasteiger partial charge in [-0.15, -0.1) is 0 Å². The first-order valence-corrected chi connectivity index (χ1v) is 11.8. The van der Waals surface area contributed by atoms with Crippen LogP contribution in [-0.2, 0) is 16.2 Å². The third-order valence-corrected chi connectivity index (χ3v) is 5.45. The Kier molecular flexibility index (Phi) is 9.66. The molecule has 2 N–H and O–H groups in total. The van der Waals surface area contributed by atoms with E-state index in [0.29, 0.717) is 38.9 Å². The molecule has 0 aliphatic carbocycles. The van der Waals surface area contributed by atoms with Crippen LogP contribution in [0.15, 0.2) is 64.2 Å². The second-order valence-electron chi connectivity index (χ2n) is 7.18. The van der Waals surface area contributed by atoms with E-state index in [1.165, 1.54) is 31.5 Å². The summed E-state index contributed by atoms with van der Waals surface area (Å²) in [6, 6.07) is 14.0. The molecule has 0 unspecified atom stereocenters. The van der Waals surface area contributed by atoms with E-state index in [0.717, 1.165) is 5.56 Å². The van der Waals surface area contributed by atoms with Gasteiger partial charge in [0.1, 0.15) is 18.2 Å². The Morgan fingerprint density at radius 2 is 1.81 bits per heavy atom. The molecular weight excluding hydrogens is 557 g/mol. The van der Waals surface area contributed by atoms with E-state index in [2.05, 4.69) is 31.8 Å². The van der Waals surface area contributed by atoms with Crippen LogP contribution < -0.4 is 25.0 Å². The van der Waals surface area contributed by atoms with Crippen LogP contribution in [0.3, 0.4) is 0 Å². The van der Waals surface area contributed by atoms with E-state index < -0.39 is 11.8 Å². The van der Waals surface area contributed by atoms with Gasteiger partial charge < -0.3 is 19.5 Å². The lowest BCUT2D eigenvalue weighted by Gasteiger charge is -2.14. The van der Waals surface area contributed by atoms with Crippen molar-refractivity contribution in [3.8, 4) is 17.2 Å². The highest BCUT2D eigenvalue weighted by molar-refractivity contribution is 9.10. The van der Waals surface area contributed by atoms with E-state index in [4.69, 9.17) is 25.8 Å². The number of benzene rings is 3. The van der Waals surface area contributed by atoms with Crippen molar-refractivity contribution in [1.29, 1.82) is 0 Å². The maximum absolute atomic E-state index is 13.1. The minimum atomic E-state index is -0.989. The average molecular weight is 579 g/mol.